The van der Waals surface area contributed by atoms with Crippen LogP contribution < -0.4 is 46.0 Å². The number of carbonyl (C=O) groups excluding carboxylic acids is 6. The molecule has 3 aliphatic heterocycles. The molecule has 4 aromatic rings. The van der Waals surface area contributed by atoms with E-state index in [-0.39, 0.29) is 67.0 Å². The lowest BCUT2D eigenvalue weighted by Crippen LogP contribution is -2.33. The summed E-state index contributed by atoms with van der Waals surface area (Å²) in [7, 11) is 14.7. The van der Waals surface area contributed by atoms with Gasteiger partial charge in [-0.3, -0.25) is 28.4 Å². The van der Waals surface area contributed by atoms with Crippen molar-refractivity contribution in [2.24, 2.45) is 5.73 Å². The van der Waals surface area contributed by atoms with Crippen LogP contribution in [0.1, 0.15) is 128 Å². The fourth-order valence-corrected chi connectivity index (χ4v) is 12.3. The number of anilines is 2. The van der Waals surface area contributed by atoms with E-state index in [9.17, 15) is 43.1 Å². The standard InChI is InChI=1S/C38H45N3O4.C29H25N3O7.C12H22N2O2.CH3F/c1-26-22-27(38(43)39-21-11-12-30(42)25-44-31-13-9-7-6-8-10-14-31)15-18-32(26)37-33-19-16-28(40(2)3)23-35(33)45-36-24-29(41(4)5)17-20-34(36)37;1-30(2)17-6-9-20-23(14-17)38-24-15-18(31(3)4)7-10-21(24)27(20)19-8-5-16(13-22(19)28(35)36)29(37)39-32-25(33)11-12-26(32)34;13-8-9-14-12(15)10-16-11-6-4-2-1-3-5-7-11;1-2/h6-7,15-20,22-24,31H,8-14,21,25H2,1-5H3;5-10,13-15H,11-12H2,1-4H3;1-2,11H,3-10,13H2,(H,14,15);1H3/p+2/b7-6+;;2-1+;/i;;;1D. The molecule has 11 rings (SSSR count). The third kappa shape index (κ3) is 20.5. The van der Waals surface area contributed by atoms with Crippen LogP contribution in [0.4, 0.5) is 15.8 Å². The quantitative estimate of drug-likeness (QED) is 0.0182. The molecule has 2 unspecified atom stereocenters. The van der Waals surface area contributed by atoms with E-state index in [0.29, 0.717) is 76.5 Å². The Morgan fingerprint density at radius 2 is 1.13 bits per heavy atom. The van der Waals surface area contributed by atoms with Crippen molar-refractivity contribution in [1.29, 1.82) is 0 Å². The Morgan fingerprint density at radius 1 is 0.627 bits per heavy atom. The van der Waals surface area contributed by atoms with Crippen LogP contribution in [0.5, 0.6) is 0 Å². The molecule has 4 aromatic carbocycles. The van der Waals surface area contributed by atoms with Gasteiger partial charge in [0.15, 0.2) is 5.78 Å². The Bertz CT molecular complexity index is 4480. The Kier molecular flexibility index (Phi) is 27.9. The number of benzene rings is 6. The first-order chi connectivity index (χ1) is 49.5. The van der Waals surface area contributed by atoms with E-state index in [0.717, 1.165) is 125 Å². The van der Waals surface area contributed by atoms with E-state index in [1.165, 1.54) is 18.2 Å². The number of amides is 4. The Hall–Kier alpha value is -10.2. The Labute approximate surface area is 596 Å². The average Bonchev–Trinajstić information content (AvgIpc) is 0.931. The SMILES string of the molecule is CN(C)c1ccc2c(-c3ccc(C(=O)ON4C(=O)CCC4=O)cc3C(=O)O)c3ccc(=[N+](C)C)cc-3oc2c1.Cc1cc(C(=O)NCCCC(=O)COC2CC/C=C/CCC2)ccc1-c1c2ccc(=[N+](C)C)cc-2oc2cc(N(C)C)ccc12.NCCNC(=O)COC1CC/C=C/CCC1.[2H]CF. The van der Waals surface area contributed by atoms with Gasteiger partial charge in [-0.25, -0.2) is 18.7 Å². The smallest absolute Gasteiger partial charge is 0.363 e. The van der Waals surface area contributed by atoms with Gasteiger partial charge < -0.3 is 54.4 Å². The Morgan fingerprint density at radius 3 is 1.64 bits per heavy atom. The largest absolute Gasteiger partial charge is 0.478 e. The van der Waals surface area contributed by atoms with Gasteiger partial charge in [-0.05, 0) is 155 Å². The van der Waals surface area contributed by atoms with Crippen molar-refractivity contribution in [3.05, 3.63) is 166 Å². The monoisotopic (exact) mass is 1400 g/mol. The second kappa shape index (κ2) is 37.5. The topological polar surface area (TPSA) is 260 Å². The summed E-state index contributed by atoms with van der Waals surface area (Å²) in [6.45, 7) is 3.80. The van der Waals surface area contributed by atoms with Crippen LogP contribution in [0, 0.1) is 6.92 Å². The van der Waals surface area contributed by atoms with Gasteiger partial charge in [-0.2, -0.15) is 0 Å². The van der Waals surface area contributed by atoms with Crippen molar-refractivity contribution < 1.29 is 67.6 Å². The van der Waals surface area contributed by atoms with Gasteiger partial charge in [0.1, 0.15) is 64.1 Å². The van der Waals surface area contributed by atoms with Crippen LogP contribution in [-0.4, -0.2) is 160 Å². The summed E-state index contributed by atoms with van der Waals surface area (Å²) in [5, 5.41) is 20.0. The first-order valence-electron chi connectivity index (χ1n) is 35.3. The molecule has 0 radical (unpaired) electrons. The number of nitrogens with one attached hydrogen (secondary N) is 2. The second-order valence-electron chi connectivity index (χ2n) is 26.2. The zero-order chi connectivity index (χ0) is 74.3. The van der Waals surface area contributed by atoms with E-state index in [1.54, 1.807) is 0 Å². The summed E-state index contributed by atoms with van der Waals surface area (Å²) in [6, 6.07) is 33.9. The molecule has 540 valence electrons. The van der Waals surface area contributed by atoms with Gasteiger partial charge in [0.05, 0.1) is 44.0 Å². The van der Waals surface area contributed by atoms with E-state index in [2.05, 4.69) is 80.8 Å². The summed E-state index contributed by atoms with van der Waals surface area (Å²) in [5.74, 6) is -2.25. The third-order valence-corrected chi connectivity index (χ3v) is 17.9. The number of carbonyl (C=O) groups is 7. The Balaban J connectivity index is 0.000000210. The highest BCUT2D eigenvalue weighted by Gasteiger charge is 2.34. The molecule has 21 nitrogen and oxygen atoms in total. The number of hydrogen-bond donors (Lipinski definition) is 4. The van der Waals surface area contributed by atoms with Crippen LogP contribution in [-0.2, 0) is 33.5 Å². The first-order valence-corrected chi connectivity index (χ1v) is 34.6. The van der Waals surface area contributed by atoms with Crippen molar-refractivity contribution in [3.8, 4) is 44.9 Å². The molecule has 0 bridgehead atoms. The minimum atomic E-state index is -1.26. The molecule has 102 heavy (non-hydrogen) atoms. The number of aryl methyl sites for hydroxylation is 1. The number of carboxylic acids is 1. The van der Waals surface area contributed by atoms with E-state index in [4.69, 9.17) is 30.3 Å². The molecule has 0 saturated carbocycles. The average molecular weight is 1400 g/mol. The molecular formula is C80H97FN8O13+2. The zero-order valence-corrected chi connectivity index (χ0v) is 60.0. The number of allylic oxidation sites excluding steroid dienone is 4. The van der Waals surface area contributed by atoms with Crippen molar-refractivity contribution in [3.63, 3.8) is 0 Å². The molecule has 4 amide bonds. The van der Waals surface area contributed by atoms with Gasteiger partial charge in [-0.1, -0.05) is 36.4 Å². The van der Waals surface area contributed by atoms with Crippen LogP contribution in [0.2, 0.25) is 0 Å². The minimum Gasteiger partial charge on any atom is -0.478 e. The minimum absolute atomic E-state index is 0.0459. The highest BCUT2D eigenvalue weighted by atomic mass is 19.1. The number of halogens is 1. The number of nitrogens with two attached hydrogens (primary N) is 1. The predicted molar refractivity (Wildman–Crippen MR) is 397 cm³/mol. The van der Waals surface area contributed by atoms with Gasteiger partial charge in [-0.15, -0.1) is 5.06 Å². The van der Waals surface area contributed by atoms with Crippen molar-refractivity contribution >= 4 is 74.7 Å². The van der Waals surface area contributed by atoms with E-state index >= 15 is 0 Å². The van der Waals surface area contributed by atoms with Crippen molar-refractivity contribution in [2.45, 2.75) is 109 Å². The molecule has 1 fully saturated rings. The summed E-state index contributed by atoms with van der Waals surface area (Å²) >= 11 is 0. The molecule has 4 aliphatic carbocycles. The number of ketones is 1. The number of nitrogens with zero attached hydrogens (tertiary/aromatic N) is 5. The number of fused-ring (bicyclic) bond motifs is 4. The molecule has 3 heterocycles. The third-order valence-electron chi connectivity index (χ3n) is 17.9. The maximum Gasteiger partial charge on any atom is 0.363 e. The number of imide groups is 1. The molecule has 7 aliphatic rings. The number of ether oxygens (including phenoxy) is 2. The molecule has 1 saturated heterocycles. The fourth-order valence-electron chi connectivity index (χ4n) is 12.3. The van der Waals surface area contributed by atoms with Gasteiger partial charge in [0, 0.05) is 141 Å². The van der Waals surface area contributed by atoms with E-state index in [1.807, 2.05) is 127 Å². The molecule has 22 heteroatoms. The van der Waals surface area contributed by atoms with Crippen LogP contribution in [0.3, 0.4) is 0 Å². The number of alkyl halides is 1. The summed E-state index contributed by atoms with van der Waals surface area (Å²) in [5.41, 5.74) is 14.8. The second-order valence-corrected chi connectivity index (χ2v) is 26.2. The molecule has 0 spiro atoms. The van der Waals surface area contributed by atoms with Gasteiger partial charge in [0.25, 0.3) is 17.7 Å². The number of rotatable bonds is 20. The van der Waals surface area contributed by atoms with Crippen LogP contribution in [0.15, 0.2) is 142 Å². The highest BCUT2D eigenvalue weighted by molar-refractivity contribution is 6.10. The van der Waals surface area contributed by atoms with E-state index < -0.39 is 30.9 Å². The number of aromatic carboxylic acids is 1. The predicted octanol–water partition coefficient (Wildman–Crippen LogP) is 11.4. The summed E-state index contributed by atoms with van der Waals surface area (Å²) in [4.78, 5) is 94.7. The zero-order valence-electron chi connectivity index (χ0n) is 61.0. The maximum atomic E-state index is 13.1. The number of hydroxylamine groups is 2. The van der Waals surface area contributed by atoms with Gasteiger partial charge in [0.2, 0.25) is 16.6 Å². The molecular weight excluding hydrogens is 1300 g/mol. The number of Topliss-reactive ketones (excluding diaryl/α,β-unsaturated/α-hetero) is 1. The molecule has 0 aromatic heterocycles. The van der Waals surface area contributed by atoms with Crippen molar-refractivity contribution in [2.75, 3.05) is 106 Å². The fraction of sp³-hybridized carbons (Fsp3) is 0.388. The van der Waals surface area contributed by atoms with Gasteiger partial charge >= 0.3 is 11.9 Å². The lowest BCUT2D eigenvalue weighted by Gasteiger charge is -2.19. The molecule has 2 atom stereocenters. The summed E-state index contributed by atoms with van der Waals surface area (Å²) < 4.78 is 43.8. The summed E-state index contributed by atoms with van der Waals surface area (Å²) in [6.07, 6.45) is 20.7. The van der Waals surface area contributed by atoms with Crippen molar-refractivity contribution in [1.82, 2.24) is 24.8 Å². The van der Waals surface area contributed by atoms with Crippen LogP contribution in [0.25, 0.3) is 66.8 Å². The molecule has 5 N–H and O–H groups in total. The number of carboxylic acid groups (broad SMARTS) is 1. The maximum absolute atomic E-state index is 13.1. The lowest BCUT2D eigenvalue weighted by atomic mass is 9.89. The highest BCUT2D eigenvalue weighted by Crippen LogP contribution is 2.44. The number of hydrogen-bond acceptors (Lipinski definition) is 15. The van der Waals surface area contributed by atoms with Crippen LogP contribution >= 0.6 is 0 Å². The lowest BCUT2D eigenvalue weighted by molar-refractivity contribution is -0.172. The normalized spacial score (nSPS) is 15.9. The first kappa shape index (κ1) is 76.0.